The predicted molar refractivity (Wildman–Crippen MR) is 109 cm³/mol. The molecule has 0 spiro atoms. The minimum absolute atomic E-state index is 0.106. The molecule has 0 aliphatic carbocycles. The van der Waals surface area contributed by atoms with Crippen LogP contribution in [0.25, 0.3) is 0 Å². The number of benzene rings is 2. The van der Waals surface area contributed by atoms with Crippen molar-refractivity contribution in [1.82, 2.24) is 10.2 Å². The van der Waals surface area contributed by atoms with Gasteiger partial charge in [0.2, 0.25) is 11.8 Å². The molecule has 0 saturated carbocycles. The number of hydrogen-bond donors (Lipinski definition) is 3. The van der Waals surface area contributed by atoms with Crippen LogP contribution >= 0.6 is 0 Å². The van der Waals surface area contributed by atoms with E-state index >= 15 is 0 Å². The van der Waals surface area contributed by atoms with Gasteiger partial charge in [0.15, 0.2) is 0 Å². The van der Waals surface area contributed by atoms with Crippen molar-refractivity contribution in [1.29, 1.82) is 0 Å². The molecule has 1 fully saturated rings. The molecule has 3 aliphatic rings. The van der Waals surface area contributed by atoms with E-state index in [0.717, 1.165) is 34.8 Å². The number of carbonyl (C=O) groups is 4. The van der Waals surface area contributed by atoms with Crippen LogP contribution in [0.5, 0.6) is 0 Å². The van der Waals surface area contributed by atoms with Gasteiger partial charge < -0.3 is 10.6 Å². The van der Waals surface area contributed by atoms with E-state index in [1.165, 1.54) is 5.56 Å². The van der Waals surface area contributed by atoms with Crippen molar-refractivity contribution in [3.05, 3.63) is 58.7 Å². The number of hydrogen-bond acceptors (Lipinski definition) is 6. The topological polar surface area (TPSA) is 108 Å². The van der Waals surface area contributed by atoms with Gasteiger partial charge in [-0.25, -0.2) is 0 Å². The van der Waals surface area contributed by atoms with E-state index in [4.69, 9.17) is 0 Å². The summed E-state index contributed by atoms with van der Waals surface area (Å²) >= 11 is 0. The van der Waals surface area contributed by atoms with Crippen molar-refractivity contribution in [2.45, 2.75) is 31.8 Å². The lowest BCUT2D eigenvalue weighted by Gasteiger charge is -2.27. The molecule has 0 radical (unpaired) electrons. The number of imide groups is 2. The molecule has 2 aromatic rings. The van der Waals surface area contributed by atoms with Crippen LogP contribution in [-0.2, 0) is 22.6 Å². The fraction of sp³-hybridized carbons (Fsp3) is 0.273. The molecule has 8 nitrogen and oxygen atoms in total. The third kappa shape index (κ3) is 3.01. The summed E-state index contributed by atoms with van der Waals surface area (Å²) in [6, 6.07) is 10.4. The zero-order valence-corrected chi connectivity index (χ0v) is 16.2. The second-order valence-corrected chi connectivity index (χ2v) is 7.73. The molecule has 30 heavy (non-hydrogen) atoms. The molecule has 0 bridgehead atoms. The molecule has 3 N–H and O–H groups in total. The molecule has 2 aromatic carbocycles. The Hall–Kier alpha value is -3.68. The van der Waals surface area contributed by atoms with E-state index in [1.807, 2.05) is 12.1 Å². The van der Waals surface area contributed by atoms with Crippen LogP contribution in [-0.4, -0.2) is 41.1 Å². The molecular formula is C22H20N4O4. The molecule has 1 saturated heterocycles. The van der Waals surface area contributed by atoms with E-state index in [9.17, 15) is 19.2 Å². The van der Waals surface area contributed by atoms with Crippen LogP contribution in [0.1, 0.15) is 44.7 Å². The van der Waals surface area contributed by atoms with Gasteiger partial charge in [-0.15, -0.1) is 0 Å². The Bertz CT molecular complexity index is 1110. The van der Waals surface area contributed by atoms with Gasteiger partial charge in [0, 0.05) is 30.9 Å². The van der Waals surface area contributed by atoms with Crippen molar-refractivity contribution >= 4 is 35.0 Å². The SMILES string of the molecule is O=C1CCC(N2C(=O)c3ccc(CNc4ccc5c(c4)CCN5)cc3C2=O)C(=O)N1. The van der Waals surface area contributed by atoms with Gasteiger partial charge in [0.05, 0.1) is 11.1 Å². The quantitative estimate of drug-likeness (QED) is 0.669. The Morgan fingerprint density at radius 3 is 2.63 bits per heavy atom. The van der Waals surface area contributed by atoms with Crippen LogP contribution in [0.3, 0.4) is 0 Å². The molecule has 3 heterocycles. The first-order valence-corrected chi connectivity index (χ1v) is 9.96. The van der Waals surface area contributed by atoms with Crippen molar-refractivity contribution < 1.29 is 19.2 Å². The summed E-state index contributed by atoms with van der Waals surface area (Å²) in [4.78, 5) is 50.2. The van der Waals surface area contributed by atoms with E-state index in [2.05, 4.69) is 22.0 Å². The molecule has 3 aliphatic heterocycles. The van der Waals surface area contributed by atoms with Crippen LogP contribution in [0.2, 0.25) is 0 Å². The first-order chi connectivity index (χ1) is 14.5. The van der Waals surface area contributed by atoms with Crippen LogP contribution in [0.4, 0.5) is 11.4 Å². The highest BCUT2D eigenvalue weighted by Crippen LogP contribution is 2.29. The van der Waals surface area contributed by atoms with Gasteiger partial charge in [-0.1, -0.05) is 6.07 Å². The van der Waals surface area contributed by atoms with Gasteiger partial charge in [-0.3, -0.25) is 29.4 Å². The van der Waals surface area contributed by atoms with Crippen molar-refractivity contribution in [2.24, 2.45) is 0 Å². The lowest BCUT2D eigenvalue weighted by Crippen LogP contribution is -2.54. The summed E-state index contributed by atoms with van der Waals surface area (Å²) in [6.45, 7) is 1.45. The fourth-order valence-electron chi connectivity index (χ4n) is 4.25. The zero-order chi connectivity index (χ0) is 20.8. The van der Waals surface area contributed by atoms with E-state index in [1.54, 1.807) is 18.2 Å². The molecule has 8 heteroatoms. The Morgan fingerprint density at radius 2 is 1.80 bits per heavy atom. The Balaban J connectivity index is 1.33. The third-order valence-corrected chi connectivity index (χ3v) is 5.82. The molecule has 1 atom stereocenters. The summed E-state index contributed by atoms with van der Waals surface area (Å²) in [5.74, 6) is -1.97. The lowest BCUT2D eigenvalue weighted by molar-refractivity contribution is -0.136. The summed E-state index contributed by atoms with van der Waals surface area (Å²) < 4.78 is 0. The summed E-state index contributed by atoms with van der Waals surface area (Å²) in [5.41, 5.74) is 4.87. The maximum atomic E-state index is 12.9. The van der Waals surface area contributed by atoms with Crippen LogP contribution in [0, 0.1) is 0 Å². The highest BCUT2D eigenvalue weighted by Gasteiger charge is 2.44. The van der Waals surface area contributed by atoms with Crippen molar-refractivity contribution in [3.8, 4) is 0 Å². The number of piperidine rings is 1. The molecular weight excluding hydrogens is 384 g/mol. The van der Waals surface area contributed by atoms with Crippen LogP contribution < -0.4 is 16.0 Å². The third-order valence-electron chi connectivity index (χ3n) is 5.82. The van der Waals surface area contributed by atoms with Gasteiger partial charge in [-0.2, -0.15) is 0 Å². The Morgan fingerprint density at radius 1 is 0.967 bits per heavy atom. The number of amides is 4. The molecule has 152 valence electrons. The standard InChI is InChI=1S/C22H20N4O4/c27-19-6-5-18(20(28)25-19)26-21(29)15-3-1-12(9-16(15)22(26)30)11-24-14-2-4-17-13(10-14)7-8-23-17/h1-4,9-10,18,23-24H,5-8,11H2,(H,25,27,28). The largest absolute Gasteiger partial charge is 0.384 e. The Kier molecular flexibility index (Phi) is 4.27. The smallest absolute Gasteiger partial charge is 0.262 e. The van der Waals surface area contributed by atoms with E-state index in [0.29, 0.717) is 12.1 Å². The maximum absolute atomic E-state index is 12.9. The van der Waals surface area contributed by atoms with Gasteiger partial charge >= 0.3 is 0 Å². The molecule has 0 aromatic heterocycles. The number of rotatable bonds is 4. The van der Waals surface area contributed by atoms with E-state index in [-0.39, 0.29) is 24.3 Å². The van der Waals surface area contributed by atoms with Gasteiger partial charge in [0.25, 0.3) is 11.8 Å². The lowest BCUT2D eigenvalue weighted by atomic mass is 10.0. The fourth-order valence-corrected chi connectivity index (χ4v) is 4.25. The number of carbonyl (C=O) groups excluding carboxylic acids is 4. The monoisotopic (exact) mass is 404 g/mol. The highest BCUT2D eigenvalue weighted by atomic mass is 16.2. The average molecular weight is 404 g/mol. The minimum atomic E-state index is -0.948. The maximum Gasteiger partial charge on any atom is 0.262 e. The minimum Gasteiger partial charge on any atom is -0.384 e. The first kappa shape index (κ1) is 18.4. The van der Waals surface area contributed by atoms with Gasteiger partial charge in [0.1, 0.15) is 6.04 Å². The average Bonchev–Trinajstić information content (AvgIpc) is 3.30. The van der Waals surface area contributed by atoms with Crippen molar-refractivity contribution in [2.75, 3.05) is 17.2 Å². The molecule has 1 unspecified atom stereocenters. The summed E-state index contributed by atoms with van der Waals surface area (Å²) in [7, 11) is 0. The second-order valence-electron chi connectivity index (χ2n) is 7.73. The number of anilines is 2. The zero-order valence-electron chi connectivity index (χ0n) is 16.2. The normalized spacial score (nSPS) is 20.0. The summed E-state index contributed by atoms with van der Waals surface area (Å²) in [5, 5.41) is 8.88. The number of fused-ring (bicyclic) bond motifs is 2. The van der Waals surface area contributed by atoms with E-state index < -0.39 is 23.8 Å². The number of nitrogens with one attached hydrogen (secondary N) is 3. The molecule has 4 amide bonds. The molecule has 5 rings (SSSR count). The van der Waals surface area contributed by atoms with Gasteiger partial charge in [-0.05, 0) is 54.3 Å². The highest BCUT2D eigenvalue weighted by molar-refractivity contribution is 6.23. The van der Waals surface area contributed by atoms with Crippen LogP contribution in [0.15, 0.2) is 36.4 Å². The summed E-state index contributed by atoms with van der Waals surface area (Å²) in [6.07, 6.45) is 1.25. The second kappa shape index (κ2) is 6.98. The Labute approximate surface area is 172 Å². The number of nitrogens with zero attached hydrogens (tertiary/aromatic N) is 1. The predicted octanol–water partition coefficient (Wildman–Crippen LogP) is 1.67. The first-order valence-electron chi connectivity index (χ1n) is 9.96. The van der Waals surface area contributed by atoms with Crippen molar-refractivity contribution in [3.63, 3.8) is 0 Å².